The summed E-state index contributed by atoms with van der Waals surface area (Å²) in [6.45, 7) is 2.67. The number of esters is 1. The van der Waals surface area contributed by atoms with E-state index in [0.717, 1.165) is 11.3 Å². The molecular formula is C17H20N2O4. The lowest BCUT2D eigenvalue weighted by Gasteiger charge is -2.11. The summed E-state index contributed by atoms with van der Waals surface area (Å²) in [5, 5.41) is 3.22. The van der Waals surface area contributed by atoms with Gasteiger partial charge in [0.2, 0.25) is 0 Å². The van der Waals surface area contributed by atoms with Crippen molar-refractivity contribution < 1.29 is 19.0 Å². The minimum Gasteiger partial charge on any atom is -0.493 e. The third kappa shape index (κ3) is 4.35. The Morgan fingerprint density at radius 1 is 1.13 bits per heavy atom. The molecule has 0 aliphatic heterocycles. The van der Waals surface area contributed by atoms with Gasteiger partial charge in [0.15, 0.2) is 11.5 Å². The predicted octanol–water partition coefficient (Wildman–Crippen LogP) is 2.89. The monoisotopic (exact) mass is 316 g/mol. The Morgan fingerprint density at radius 3 is 2.61 bits per heavy atom. The van der Waals surface area contributed by atoms with E-state index >= 15 is 0 Å². The SMILES string of the molecule is CCOC(=O)c1cncc(NCc2ccc(OC)c(OC)c2)c1. The minimum atomic E-state index is -0.380. The van der Waals surface area contributed by atoms with Crippen LogP contribution in [0, 0.1) is 0 Å². The molecule has 1 heterocycles. The van der Waals surface area contributed by atoms with Gasteiger partial charge in [-0.1, -0.05) is 6.07 Å². The molecule has 0 aliphatic carbocycles. The molecule has 0 bridgehead atoms. The van der Waals surface area contributed by atoms with Gasteiger partial charge >= 0.3 is 5.97 Å². The van der Waals surface area contributed by atoms with Gasteiger partial charge in [-0.15, -0.1) is 0 Å². The Bertz CT molecular complexity index is 673. The van der Waals surface area contributed by atoms with Gasteiger partial charge in [0.25, 0.3) is 0 Å². The van der Waals surface area contributed by atoms with E-state index < -0.39 is 0 Å². The minimum absolute atomic E-state index is 0.335. The molecule has 0 spiro atoms. The number of aromatic nitrogens is 1. The summed E-state index contributed by atoms with van der Waals surface area (Å²) in [5.41, 5.74) is 2.18. The van der Waals surface area contributed by atoms with Gasteiger partial charge in [-0.3, -0.25) is 4.98 Å². The number of carbonyl (C=O) groups is 1. The molecular weight excluding hydrogens is 296 g/mol. The van der Waals surface area contributed by atoms with Gasteiger partial charge in [-0.25, -0.2) is 4.79 Å². The average molecular weight is 316 g/mol. The molecule has 0 amide bonds. The molecule has 0 atom stereocenters. The van der Waals surface area contributed by atoms with E-state index in [9.17, 15) is 4.79 Å². The molecule has 0 aliphatic rings. The fraction of sp³-hybridized carbons (Fsp3) is 0.294. The third-order valence-electron chi connectivity index (χ3n) is 3.19. The first kappa shape index (κ1) is 16.6. The molecule has 0 saturated heterocycles. The molecule has 23 heavy (non-hydrogen) atoms. The Morgan fingerprint density at radius 2 is 1.91 bits per heavy atom. The van der Waals surface area contributed by atoms with E-state index in [-0.39, 0.29) is 5.97 Å². The summed E-state index contributed by atoms with van der Waals surface area (Å²) in [6.07, 6.45) is 3.14. The van der Waals surface area contributed by atoms with Crippen LogP contribution in [0.15, 0.2) is 36.7 Å². The van der Waals surface area contributed by atoms with Crippen LogP contribution in [-0.2, 0) is 11.3 Å². The summed E-state index contributed by atoms with van der Waals surface area (Å²) in [4.78, 5) is 15.8. The molecule has 0 fully saturated rings. The highest BCUT2D eigenvalue weighted by Gasteiger charge is 2.08. The summed E-state index contributed by atoms with van der Waals surface area (Å²) in [7, 11) is 3.20. The standard InChI is InChI=1S/C17H20N2O4/c1-4-23-17(20)13-8-14(11-18-10-13)19-9-12-5-6-15(21-2)16(7-12)22-3/h5-8,10-11,19H,4,9H2,1-3H3. The number of nitrogens with zero attached hydrogens (tertiary/aromatic N) is 1. The van der Waals surface area contributed by atoms with Crippen LogP contribution in [-0.4, -0.2) is 31.8 Å². The molecule has 6 heteroatoms. The fourth-order valence-electron chi connectivity index (χ4n) is 2.06. The second-order valence-electron chi connectivity index (χ2n) is 4.73. The molecule has 0 unspecified atom stereocenters. The van der Waals surface area contributed by atoms with Crippen LogP contribution in [0.1, 0.15) is 22.8 Å². The van der Waals surface area contributed by atoms with Crippen LogP contribution in [0.25, 0.3) is 0 Å². The number of nitrogens with one attached hydrogen (secondary N) is 1. The molecule has 6 nitrogen and oxygen atoms in total. The van der Waals surface area contributed by atoms with E-state index in [4.69, 9.17) is 14.2 Å². The quantitative estimate of drug-likeness (QED) is 0.792. The zero-order chi connectivity index (χ0) is 16.7. The van der Waals surface area contributed by atoms with Crippen LogP contribution >= 0.6 is 0 Å². The molecule has 0 radical (unpaired) electrons. The number of carbonyl (C=O) groups excluding carboxylic acids is 1. The largest absolute Gasteiger partial charge is 0.493 e. The topological polar surface area (TPSA) is 69.7 Å². The van der Waals surface area contributed by atoms with Crippen LogP contribution in [0.3, 0.4) is 0 Å². The van der Waals surface area contributed by atoms with Crippen molar-refractivity contribution in [3.63, 3.8) is 0 Å². The number of methoxy groups -OCH3 is 2. The number of pyridine rings is 1. The maximum atomic E-state index is 11.7. The lowest BCUT2D eigenvalue weighted by atomic mass is 10.2. The normalized spacial score (nSPS) is 10.0. The number of hydrogen-bond donors (Lipinski definition) is 1. The van der Waals surface area contributed by atoms with Gasteiger partial charge in [-0.2, -0.15) is 0 Å². The summed E-state index contributed by atoms with van der Waals surface area (Å²) < 4.78 is 15.5. The van der Waals surface area contributed by atoms with Crippen molar-refractivity contribution in [1.29, 1.82) is 0 Å². The van der Waals surface area contributed by atoms with Crippen LogP contribution in [0.2, 0.25) is 0 Å². The van der Waals surface area contributed by atoms with E-state index in [2.05, 4.69) is 10.3 Å². The van der Waals surface area contributed by atoms with E-state index in [0.29, 0.717) is 30.2 Å². The third-order valence-corrected chi connectivity index (χ3v) is 3.19. The van der Waals surface area contributed by atoms with Crippen molar-refractivity contribution >= 4 is 11.7 Å². The Kier molecular flexibility index (Phi) is 5.80. The number of ether oxygens (including phenoxy) is 3. The smallest absolute Gasteiger partial charge is 0.339 e. The number of rotatable bonds is 7. The second-order valence-corrected chi connectivity index (χ2v) is 4.73. The fourth-order valence-corrected chi connectivity index (χ4v) is 2.06. The van der Waals surface area contributed by atoms with Gasteiger partial charge in [0.05, 0.1) is 32.1 Å². The highest BCUT2D eigenvalue weighted by molar-refractivity contribution is 5.90. The first-order valence-corrected chi connectivity index (χ1v) is 7.25. The number of benzene rings is 1. The molecule has 0 saturated carbocycles. The van der Waals surface area contributed by atoms with Crippen LogP contribution in [0.4, 0.5) is 5.69 Å². The highest BCUT2D eigenvalue weighted by atomic mass is 16.5. The van der Waals surface area contributed by atoms with Crippen molar-refractivity contribution in [2.75, 3.05) is 26.1 Å². The van der Waals surface area contributed by atoms with Crippen molar-refractivity contribution in [2.24, 2.45) is 0 Å². The molecule has 122 valence electrons. The van der Waals surface area contributed by atoms with Gasteiger partial charge in [-0.05, 0) is 30.7 Å². The van der Waals surface area contributed by atoms with Crippen molar-refractivity contribution in [2.45, 2.75) is 13.5 Å². The first-order chi connectivity index (χ1) is 11.2. The maximum Gasteiger partial charge on any atom is 0.339 e. The zero-order valence-electron chi connectivity index (χ0n) is 13.5. The van der Waals surface area contributed by atoms with Crippen LogP contribution < -0.4 is 14.8 Å². The summed E-state index contributed by atoms with van der Waals surface area (Å²) >= 11 is 0. The Balaban J connectivity index is 2.06. The lowest BCUT2D eigenvalue weighted by molar-refractivity contribution is 0.0526. The summed E-state index contributed by atoms with van der Waals surface area (Å²) in [6, 6.07) is 7.40. The number of hydrogen-bond acceptors (Lipinski definition) is 6. The molecule has 2 aromatic rings. The van der Waals surface area contributed by atoms with Crippen molar-refractivity contribution in [3.8, 4) is 11.5 Å². The second kappa shape index (κ2) is 8.03. The zero-order valence-corrected chi connectivity index (χ0v) is 13.5. The van der Waals surface area contributed by atoms with E-state index in [1.54, 1.807) is 33.4 Å². The molecule has 1 N–H and O–H groups in total. The maximum absolute atomic E-state index is 11.7. The molecule has 2 rings (SSSR count). The van der Waals surface area contributed by atoms with Crippen molar-refractivity contribution in [3.05, 3.63) is 47.8 Å². The Hall–Kier alpha value is -2.76. The first-order valence-electron chi connectivity index (χ1n) is 7.25. The van der Waals surface area contributed by atoms with Gasteiger partial charge in [0, 0.05) is 18.9 Å². The van der Waals surface area contributed by atoms with E-state index in [1.165, 1.54) is 6.20 Å². The summed E-state index contributed by atoms with van der Waals surface area (Å²) in [5.74, 6) is 0.974. The van der Waals surface area contributed by atoms with Gasteiger partial charge < -0.3 is 19.5 Å². The predicted molar refractivity (Wildman–Crippen MR) is 87.1 cm³/mol. The average Bonchev–Trinajstić information content (AvgIpc) is 2.60. The van der Waals surface area contributed by atoms with Crippen LogP contribution in [0.5, 0.6) is 11.5 Å². The number of anilines is 1. The molecule has 1 aromatic carbocycles. The van der Waals surface area contributed by atoms with Gasteiger partial charge in [0.1, 0.15) is 0 Å². The van der Waals surface area contributed by atoms with Crippen molar-refractivity contribution in [1.82, 2.24) is 4.98 Å². The molecule has 1 aromatic heterocycles. The lowest BCUT2D eigenvalue weighted by Crippen LogP contribution is -2.07. The highest BCUT2D eigenvalue weighted by Crippen LogP contribution is 2.27. The van der Waals surface area contributed by atoms with E-state index in [1.807, 2.05) is 18.2 Å². The Labute approximate surface area is 135 Å².